The van der Waals surface area contributed by atoms with Gasteiger partial charge in [-0.05, 0) is 48.6 Å². The quantitative estimate of drug-likeness (QED) is 0.724. The Bertz CT molecular complexity index is 882. The number of nitrogens with zero attached hydrogens (tertiary/aromatic N) is 1. The molecule has 6 heteroatoms. The van der Waals surface area contributed by atoms with Crippen molar-refractivity contribution in [3.8, 4) is 5.75 Å². The van der Waals surface area contributed by atoms with Crippen LogP contribution in [0.15, 0.2) is 42.5 Å². The first-order valence-corrected chi connectivity index (χ1v) is 11.1. The third kappa shape index (κ3) is 6.28. The molecule has 0 aliphatic carbocycles. The fraction of sp³-hybridized carbons (Fsp3) is 0.480. The Morgan fingerprint density at radius 3 is 2.81 bits per heavy atom. The van der Waals surface area contributed by atoms with Gasteiger partial charge in [-0.1, -0.05) is 24.3 Å². The van der Waals surface area contributed by atoms with Crippen LogP contribution < -0.4 is 4.74 Å². The van der Waals surface area contributed by atoms with Crippen LogP contribution in [0.1, 0.15) is 42.4 Å². The fourth-order valence-corrected chi connectivity index (χ4v) is 4.18. The van der Waals surface area contributed by atoms with Gasteiger partial charge < -0.3 is 19.1 Å². The van der Waals surface area contributed by atoms with Crippen LogP contribution in [0.5, 0.6) is 5.75 Å². The second-order valence-electron chi connectivity index (χ2n) is 8.22. The second kappa shape index (κ2) is 10.7. The molecule has 2 heterocycles. The van der Waals surface area contributed by atoms with E-state index < -0.39 is 0 Å². The predicted octanol–water partition coefficient (Wildman–Crippen LogP) is 4.11. The molecule has 166 valence electrons. The van der Waals surface area contributed by atoms with Crippen LogP contribution in [0.2, 0.25) is 0 Å². The normalized spacial score (nSPS) is 20.3. The van der Waals surface area contributed by atoms with Gasteiger partial charge in [0.2, 0.25) is 5.91 Å². The number of carbonyl (C=O) groups is 1. The van der Waals surface area contributed by atoms with Crippen LogP contribution in [-0.2, 0) is 27.2 Å². The van der Waals surface area contributed by atoms with Crippen molar-refractivity contribution >= 4 is 5.91 Å². The highest BCUT2D eigenvalue weighted by Gasteiger charge is 2.22. The van der Waals surface area contributed by atoms with E-state index in [-0.39, 0.29) is 17.8 Å². The predicted molar refractivity (Wildman–Crippen MR) is 116 cm³/mol. The van der Waals surface area contributed by atoms with Crippen LogP contribution in [0.4, 0.5) is 4.39 Å². The number of carbonyl (C=O) groups excluding carboxylic acids is 1. The largest absolute Gasteiger partial charge is 0.491 e. The molecule has 1 unspecified atom stereocenters. The van der Waals surface area contributed by atoms with Crippen molar-refractivity contribution in [2.45, 2.75) is 44.8 Å². The first-order valence-electron chi connectivity index (χ1n) is 11.1. The molecule has 0 N–H and O–H groups in total. The van der Waals surface area contributed by atoms with E-state index >= 15 is 0 Å². The SMILES string of the molecule is O=C(CC1CCCCO1)N1CCOCCOc2ccc(F)cc2Cc2cccc(c2)C1. The van der Waals surface area contributed by atoms with Crippen molar-refractivity contribution in [1.29, 1.82) is 0 Å². The van der Waals surface area contributed by atoms with Crippen LogP contribution in [-0.4, -0.2) is 49.9 Å². The van der Waals surface area contributed by atoms with E-state index in [4.69, 9.17) is 14.2 Å². The molecule has 31 heavy (non-hydrogen) atoms. The summed E-state index contributed by atoms with van der Waals surface area (Å²) in [5, 5.41) is 0. The minimum atomic E-state index is -0.280. The lowest BCUT2D eigenvalue weighted by molar-refractivity contribution is -0.136. The monoisotopic (exact) mass is 427 g/mol. The van der Waals surface area contributed by atoms with E-state index in [1.54, 1.807) is 6.07 Å². The maximum atomic E-state index is 13.8. The van der Waals surface area contributed by atoms with Crippen molar-refractivity contribution in [2.75, 3.05) is 33.0 Å². The van der Waals surface area contributed by atoms with Crippen LogP contribution in [0.25, 0.3) is 0 Å². The summed E-state index contributed by atoms with van der Waals surface area (Å²) in [5.41, 5.74) is 2.91. The average Bonchev–Trinajstić information content (AvgIpc) is 2.77. The number of hydrogen-bond donors (Lipinski definition) is 0. The van der Waals surface area contributed by atoms with E-state index in [1.807, 2.05) is 23.1 Å². The molecule has 0 spiro atoms. The first kappa shape index (κ1) is 21.8. The highest BCUT2D eigenvalue weighted by molar-refractivity contribution is 5.76. The highest BCUT2D eigenvalue weighted by Crippen LogP contribution is 2.24. The summed E-state index contributed by atoms with van der Waals surface area (Å²) < 4.78 is 31.2. The molecular weight excluding hydrogens is 397 g/mol. The smallest absolute Gasteiger partial charge is 0.225 e. The number of rotatable bonds is 2. The molecule has 2 bridgehead atoms. The Morgan fingerprint density at radius 2 is 1.94 bits per heavy atom. The Hall–Kier alpha value is -2.44. The number of amides is 1. The Labute approximate surface area is 183 Å². The summed E-state index contributed by atoms with van der Waals surface area (Å²) in [5.74, 6) is 0.492. The van der Waals surface area contributed by atoms with Gasteiger partial charge in [-0.15, -0.1) is 0 Å². The van der Waals surface area contributed by atoms with Gasteiger partial charge in [0.15, 0.2) is 0 Å². The molecule has 4 rings (SSSR count). The molecule has 2 aromatic rings. The van der Waals surface area contributed by atoms with Crippen molar-refractivity contribution in [3.63, 3.8) is 0 Å². The first-order chi connectivity index (χ1) is 15.2. The minimum absolute atomic E-state index is 0.0152. The number of hydrogen-bond acceptors (Lipinski definition) is 4. The van der Waals surface area contributed by atoms with E-state index in [0.29, 0.717) is 51.5 Å². The van der Waals surface area contributed by atoms with Crippen LogP contribution in [0, 0.1) is 5.82 Å². The summed E-state index contributed by atoms with van der Waals surface area (Å²) in [6, 6.07) is 12.7. The molecule has 0 saturated carbocycles. The zero-order valence-electron chi connectivity index (χ0n) is 17.9. The van der Waals surface area contributed by atoms with Crippen LogP contribution >= 0.6 is 0 Å². The van der Waals surface area contributed by atoms with E-state index in [1.165, 1.54) is 12.1 Å². The zero-order valence-corrected chi connectivity index (χ0v) is 17.9. The molecule has 2 aliphatic heterocycles. The van der Waals surface area contributed by atoms with Gasteiger partial charge in [-0.3, -0.25) is 4.79 Å². The van der Waals surface area contributed by atoms with Gasteiger partial charge in [0.1, 0.15) is 18.2 Å². The summed E-state index contributed by atoms with van der Waals surface area (Å²) >= 11 is 0. The van der Waals surface area contributed by atoms with E-state index in [9.17, 15) is 9.18 Å². The lowest BCUT2D eigenvalue weighted by atomic mass is 10.0. The lowest BCUT2D eigenvalue weighted by Crippen LogP contribution is -2.37. The average molecular weight is 428 g/mol. The van der Waals surface area contributed by atoms with Gasteiger partial charge in [0, 0.05) is 31.7 Å². The molecule has 1 fully saturated rings. The molecule has 2 aliphatic rings. The molecule has 2 aromatic carbocycles. The van der Waals surface area contributed by atoms with E-state index in [0.717, 1.165) is 42.6 Å². The van der Waals surface area contributed by atoms with E-state index in [2.05, 4.69) is 6.07 Å². The Balaban J connectivity index is 1.52. The maximum Gasteiger partial charge on any atom is 0.225 e. The topological polar surface area (TPSA) is 48.0 Å². The Morgan fingerprint density at radius 1 is 1.03 bits per heavy atom. The van der Waals surface area contributed by atoms with Gasteiger partial charge in [0.05, 0.1) is 25.7 Å². The van der Waals surface area contributed by atoms with Gasteiger partial charge in [-0.2, -0.15) is 0 Å². The number of fused-ring (bicyclic) bond motifs is 3. The zero-order chi connectivity index (χ0) is 21.5. The summed E-state index contributed by atoms with van der Waals surface area (Å²) in [6.07, 6.45) is 4.12. The lowest BCUT2D eigenvalue weighted by Gasteiger charge is -2.27. The fourth-order valence-electron chi connectivity index (χ4n) is 4.18. The number of halogens is 1. The third-order valence-corrected chi connectivity index (χ3v) is 5.80. The molecule has 1 amide bonds. The summed E-state index contributed by atoms with van der Waals surface area (Å²) in [6.45, 7) is 3.02. The third-order valence-electron chi connectivity index (χ3n) is 5.80. The van der Waals surface area contributed by atoms with Gasteiger partial charge >= 0.3 is 0 Å². The van der Waals surface area contributed by atoms with Crippen molar-refractivity contribution in [2.24, 2.45) is 0 Å². The minimum Gasteiger partial charge on any atom is -0.491 e. The van der Waals surface area contributed by atoms with Crippen molar-refractivity contribution in [3.05, 3.63) is 65.0 Å². The molecule has 5 nitrogen and oxygen atoms in total. The summed E-state index contributed by atoms with van der Waals surface area (Å²) in [7, 11) is 0. The van der Waals surface area contributed by atoms with Crippen molar-refractivity contribution < 1.29 is 23.4 Å². The number of benzene rings is 2. The van der Waals surface area contributed by atoms with Crippen LogP contribution in [0.3, 0.4) is 0 Å². The maximum absolute atomic E-state index is 13.8. The van der Waals surface area contributed by atoms with Gasteiger partial charge in [-0.25, -0.2) is 4.39 Å². The molecule has 0 radical (unpaired) electrons. The Kier molecular flexibility index (Phi) is 7.54. The second-order valence-corrected chi connectivity index (χ2v) is 8.22. The highest BCUT2D eigenvalue weighted by atomic mass is 19.1. The molecule has 1 saturated heterocycles. The molecule has 1 atom stereocenters. The summed E-state index contributed by atoms with van der Waals surface area (Å²) in [4.78, 5) is 14.9. The van der Waals surface area contributed by atoms with Gasteiger partial charge in [0.25, 0.3) is 0 Å². The number of ether oxygens (including phenoxy) is 3. The standard InChI is InChI=1S/C25H30FNO4/c26-22-7-8-24-21(16-22)15-19-4-3-5-20(14-19)18-27(9-11-29-12-13-31-24)25(28)17-23-6-1-2-10-30-23/h3-5,7-8,14,16,23H,1-2,6,9-13,15,17-18H2. The molecule has 0 aromatic heterocycles. The van der Waals surface area contributed by atoms with Crippen molar-refractivity contribution in [1.82, 2.24) is 4.90 Å². The molecular formula is C25H30FNO4.